The number of hydrogen-bond acceptors (Lipinski definition) is 4. The fourth-order valence-corrected chi connectivity index (χ4v) is 4.17. The average Bonchev–Trinajstić information content (AvgIpc) is 2.99. The summed E-state index contributed by atoms with van der Waals surface area (Å²) in [6, 6.07) is 8.18. The lowest BCUT2D eigenvalue weighted by Crippen LogP contribution is -2.46. The second-order valence-corrected chi connectivity index (χ2v) is 7.34. The van der Waals surface area contributed by atoms with Crippen molar-refractivity contribution in [1.29, 1.82) is 0 Å². The number of likely N-dealkylation sites (N-methyl/N-ethyl adjacent to an activating group) is 1. The Kier molecular flexibility index (Phi) is 4.37. The lowest BCUT2D eigenvalue weighted by molar-refractivity contribution is -0.138. The largest absolute Gasteiger partial charge is 0.492 e. The molecule has 5 rings (SSSR count). The fourth-order valence-electron chi connectivity index (χ4n) is 4.17. The molecule has 25 heavy (non-hydrogen) atoms. The lowest BCUT2D eigenvalue weighted by Gasteiger charge is -2.32. The van der Waals surface area contributed by atoms with Gasteiger partial charge in [-0.1, -0.05) is 18.2 Å². The van der Waals surface area contributed by atoms with Crippen molar-refractivity contribution in [2.75, 3.05) is 39.8 Å². The van der Waals surface area contributed by atoms with E-state index in [-0.39, 0.29) is 23.8 Å². The highest BCUT2D eigenvalue weighted by molar-refractivity contribution is 5.83. The van der Waals surface area contributed by atoms with Gasteiger partial charge in [-0.25, -0.2) is 0 Å². The van der Waals surface area contributed by atoms with Gasteiger partial charge in [-0.2, -0.15) is 0 Å². The summed E-state index contributed by atoms with van der Waals surface area (Å²) in [5, 5.41) is 0. The van der Waals surface area contributed by atoms with Crippen LogP contribution in [-0.2, 0) is 16.1 Å². The first-order valence-corrected chi connectivity index (χ1v) is 9.09. The van der Waals surface area contributed by atoms with E-state index in [4.69, 9.17) is 4.74 Å². The molecule has 4 aliphatic heterocycles. The maximum Gasteiger partial charge on any atom is 0.236 e. The Balaban J connectivity index is 1.43. The molecule has 2 amide bonds. The normalized spacial score (nSPS) is 26.7. The molecule has 6 nitrogen and oxygen atoms in total. The molecule has 0 radical (unpaired) electrons. The van der Waals surface area contributed by atoms with Gasteiger partial charge in [0.05, 0.1) is 12.5 Å². The van der Waals surface area contributed by atoms with Crippen LogP contribution in [0.1, 0.15) is 18.4 Å². The molecule has 2 bridgehead atoms. The topological polar surface area (TPSA) is 53.1 Å². The Morgan fingerprint density at radius 1 is 1.24 bits per heavy atom. The van der Waals surface area contributed by atoms with Crippen molar-refractivity contribution in [2.45, 2.75) is 25.4 Å². The summed E-state index contributed by atoms with van der Waals surface area (Å²) < 4.78 is 5.78. The lowest BCUT2D eigenvalue weighted by atomic mass is 9.95. The van der Waals surface area contributed by atoms with Gasteiger partial charge in [-0.05, 0) is 18.9 Å². The summed E-state index contributed by atoms with van der Waals surface area (Å²) in [5.41, 5.74) is 1.12. The van der Waals surface area contributed by atoms with Crippen LogP contribution in [-0.4, -0.2) is 72.4 Å². The van der Waals surface area contributed by atoms with E-state index < -0.39 is 0 Å². The van der Waals surface area contributed by atoms with Gasteiger partial charge >= 0.3 is 0 Å². The van der Waals surface area contributed by atoms with Crippen molar-refractivity contribution >= 4 is 11.8 Å². The highest BCUT2D eigenvalue weighted by Crippen LogP contribution is 2.28. The van der Waals surface area contributed by atoms with E-state index in [1.807, 2.05) is 35.0 Å². The number of carbonyl (C=O) groups is 2. The van der Waals surface area contributed by atoms with E-state index >= 15 is 0 Å². The van der Waals surface area contributed by atoms with Gasteiger partial charge in [-0.3, -0.25) is 14.5 Å². The minimum absolute atomic E-state index is 0.0270. The molecule has 4 heterocycles. The number of nitrogens with zero attached hydrogens (tertiary/aromatic N) is 3. The second-order valence-electron chi connectivity index (χ2n) is 7.34. The third-order valence-corrected chi connectivity index (χ3v) is 5.71. The molecule has 3 saturated heterocycles. The zero-order valence-electron chi connectivity index (χ0n) is 14.7. The Morgan fingerprint density at radius 2 is 2.08 bits per heavy atom. The fraction of sp³-hybridized carbons (Fsp3) is 0.579. The van der Waals surface area contributed by atoms with Crippen molar-refractivity contribution in [3.63, 3.8) is 0 Å². The molecular weight excluding hydrogens is 318 g/mol. The van der Waals surface area contributed by atoms with E-state index in [2.05, 4.69) is 11.0 Å². The van der Waals surface area contributed by atoms with E-state index in [0.717, 1.165) is 37.2 Å². The molecule has 6 heteroatoms. The third kappa shape index (κ3) is 3.23. The molecule has 0 spiro atoms. The monoisotopic (exact) mass is 343 g/mol. The van der Waals surface area contributed by atoms with Crippen LogP contribution in [0.15, 0.2) is 24.3 Å². The SMILES string of the molecule is CN1C(=O)[C@@H]2CC[C@H]1CN(C(=O)CN1CCOc3ccccc3C1)C2. The van der Waals surface area contributed by atoms with Crippen LogP contribution in [0.4, 0.5) is 0 Å². The minimum atomic E-state index is -0.0270. The smallest absolute Gasteiger partial charge is 0.236 e. The van der Waals surface area contributed by atoms with Gasteiger partial charge in [0.1, 0.15) is 12.4 Å². The van der Waals surface area contributed by atoms with E-state index in [9.17, 15) is 9.59 Å². The van der Waals surface area contributed by atoms with Crippen molar-refractivity contribution < 1.29 is 14.3 Å². The Bertz CT molecular complexity index is 678. The number of fused-ring (bicyclic) bond motifs is 5. The van der Waals surface area contributed by atoms with E-state index in [1.165, 1.54) is 0 Å². The zero-order chi connectivity index (χ0) is 17.4. The highest BCUT2D eigenvalue weighted by atomic mass is 16.5. The molecule has 0 aromatic heterocycles. The second kappa shape index (κ2) is 6.67. The number of carbonyl (C=O) groups excluding carboxylic acids is 2. The number of amides is 2. The molecule has 4 aliphatic rings. The van der Waals surface area contributed by atoms with Crippen LogP contribution in [0.3, 0.4) is 0 Å². The molecule has 2 atom stereocenters. The number of para-hydroxylation sites is 1. The van der Waals surface area contributed by atoms with Crippen molar-refractivity contribution in [2.24, 2.45) is 5.92 Å². The molecular formula is C19H25N3O3. The van der Waals surface area contributed by atoms with Crippen LogP contribution in [0, 0.1) is 5.92 Å². The van der Waals surface area contributed by atoms with Crippen LogP contribution in [0.25, 0.3) is 0 Å². The number of rotatable bonds is 2. The van der Waals surface area contributed by atoms with Gasteiger partial charge < -0.3 is 14.5 Å². The van der Waals surface area contributed by atoms with Crippen LogP contribution < -0.4 is 4.74 Å². The Hall–Kier alpha value is -2.08. The standard InChI is InChI=1S/C19H25N3O3/c1-20-16-7-6-15(19(20)24)11-22(12-16)18(23)13-21-8-9-25-17-5-3-2-4-14(17)10-21/h2-5,15-16H,6-13H2,1H3/t15-,16+/m1/s1. The zero-order valence-corrected chi connectivity index (χ0v) is 14.7. The summed E-state index contributed by atoms with van der Waals surface area (Å²) in [4.78, 5) is 31.1. The van der Waals surface area contributed by atoms with Crippen molar-refractivity contribution in [1.82, 2.24) is 14.7 Å². The quantitative estimate of drug-likeness (QED) is 0.803. The summed E-state index contributed by atoms with van der Waals surface area (Å²) in [6.07, 6.45) is 1.91. The predicted octanol–water partition coefficient (Wildman–Crippen LogP) is 0.960. The maximum absolute atomic E-state index is 12.9. The van der Waals surface area contributed by atoms with Crippen LogP contribution in [0.5, 0.6) is 5.75 Å². The number of hydrogen-bond donors (Lipinski definition) is 0. The number of benzene rings is 1. The molecule has 1 aromatic carbocycles. The summed E-state index contributed by atoms with van der Waals surface area (Å²) in [7, 11) is 1.87. The molecule has 1 aromatic rings. The first kappa shape index (κ1) is 16.4. The number of ether oxygens (including phenoxy) is 1. The van der Waals surface area contributed by atoms with Gasteiger partial charge in [-0.15, -0.1) is 0 Å². The Morgan fingerprint density at radius 3 is 2.96 bits per heavy atom. The van der Waals surface area contributed by atoms with E-state index in [1.54, 1.807) is 0 Å². The van der Waals surface area contributed by atoms with Gasteiger partial charge in [0, 0.05) is 44.8 Å². The molecule has 0 saturated carbocycles. The van der Waals surface area contributed by atoms with Crippen LogP contribution >= 0.6 is 0 Å². The van der Waals surface area contributed by atoms with Crippen molar-refractivity contribution in [3.8, 4) is 5.75 Å². The first-order valence-electron chi connectivity index (χ1n) is 9.09. The predicted molar refractivity (Wildman–Crippen MR) is 93.1 cm³/mol. The van der Waals surface area contributed by atoms with E-state index in [0.29, 0.717) is 26.2 Å². The van der Waals surface area contributed by atoms with Crippen molar-refractivity contribution in [3.05, 3.63) is 29.8 Å². The summed E-state index contributed by atoms with van der Waals surface area (Å²) >= 11 is 0. The summed E-state index contributed by atoms with van der Waals surface area (Å²) in [6.45, 7) is 3.67. The maximum atomic E-state index is 12.9. The summed E-state index contributed by atoms with van der Waals surface area (Å²) in [5.74, 6) is 1.21. The van der Waals surface area contributed by atoms with Gasteiger partial charge in [0.25, 0.3) is 0 Å². The van der Waals surface area contributed by atoms with Gasteiger partial charge in [0.2, 0.25) is 11.8 Å². The average molecular weight is 343 g/mol. The molecule has 0 unspecified atom stereocenters. The molecule has 0 aliphatic carbocycles. The van der Waals surface area contributed by atoms with Crippen LogP contribution in [0.2, 0.25) is 0 Å². The molecule has 3 fully saturated rings. The Labute approximate surface area is 148 Å². The minimum Gasteiger partial charge on any atom is -0.492 e. The third-order valence-electron chi connectivity index (χ3n) is 5.71. The molecule has 0 N–H and O–H groups in total. The number of piperidine rings is 1. The first-order chi connectivity index (χ1) is 12.1. The molecule has 134 valence electrons. The van der Waals surface area contributed by atoms with Gasteiger partial charge in [0.15, 0.2) is 0 Å². The highest BCUT2D eigenvalue weighted by Gasteiger charge is 2.40.